The molecule has 3 atom stereocenters. The van der Waals surface area contributed by atoms with Crippen molar-refractivity contribution in [3.05, 3.63) is 51.9 Å². The molecule has 3 unspecified atom stereocenters. The Bertz CT molecular complexity index is 1180. The molecule has 0 amide bonds. The van der Waals surface area contributed by atoms with Crippen LogP contribution in [0.4, 0.5) is 21.5 Å². The lowest BCUT2D eigenvalue weighted by Crippen LogP contribution is -2.49. The first kappa shape index (κ1) is 22.8. The Morgan fingerprint density at radius 2 is 2.18 bits per heavy atom. The Hall–Kier alpha value is -3.38. The third-order valence-electron chi connectivity index (χ3n) is 6.85. The number of fused-ring (bicyclic) bond motifs is 1. The van der Waals surface area contributed by atoms with Crippen molar-refractivity contribution in [2.45, 2.75) is 69.3 Å². The minimum absolute atomic E-state index is 0.0218. The van der Waals surface area contributed by atoms with Gasteiger partial charge in [-0.3, -0.25) is 4.79 Å². The number of pyridine rings is 1. The lowest BCUT2D eigenvalue weighted by atomic mass is 9.77. The van der Waals surface area contributed by atoms with Gasteiger partial charge in [-0.05, 0) is 36.6 Å². The molecule has 0 radical (unpaired) electrons. The van der Waals surface area contributed by atoms with E-state index in [9.17, 15) is 19.6 Å². The lowest BCUT2D eigenvalue weighted by Gasteiger charge is -2.40. The monoisotopic (exact) mass is 452 g/mol. The van der Waals surface area contributed by atoms with Crippen LogP contribution < -0.4 is 21.9 Å². The maximum Gasteiger partial charge on any atom is 0.261 e. The molecular formula is C24H29FN6O2. The zero-order chi connectivity index (χ0) is 23.8. The standard InChI is InChI=1S/C24H29FN6O2/c1-23(2)15-7-6-14(13-17(15)30-22(23)33)29-20(27)19-16(8-12-28-21(19)32)31-24(10-11-26)9-4-3-5-18(24)25/h6-8,12-13,18,22,30,33H,3-5,9-10H2,1-2H3,(H2,27,29)(H2,28,31,32). The molecule has 174 valence electrons. The molecule has 0 saturated heterocycles. The Morgan fingerprint density at radius 3 is 2.91 bits per heavy atom. The molecule has 9 heteroatoms. The number of anilines is 2. The summed E-state index contributed by atoms with van der Waals surface area (Å²) in [6, 6.07) is 9.11. The number of hydrogen-bond acceptors (Lipinski definition) is 6. The van der Waals surface area contributed by atoms with Crippen molar-refractivity contribution in [1.82, 2.24) is 4.98 Å². The predicted molar refractivity (Wildman–Crippen MR) is 126 cm³/mol. The van der Waals surface area contributed by atoms with Crippen molar-refractivity contribution < 1.29 is 9.50 Å². The number of alkyl halides is 1. The molecule has 4 rings (SSSR count). The topological polar surface area (TPSA) is 139 Å². The number of nitrogens with two attached hydrogens (primary N) is 1. The highest BCUT2D eigenvalue weighted by molar-refractivity contribution is 6.03. The van der Waals surface area contributed by atoms with Gasteiger partial charge in [0.2, 0.25) is 0 Å². The van der Waals surface area contributed by atoms with Crippen molar-refractivity contribution >= 4 is 22.9 Å². The van der Waals surface area contributed by atoms with Crippen LogP contribution in [0, 0.1) is 11.3 Å². The molecular weight excluding hydrogens is 423 g/mol. The molecule has 1 aliphatic heterocycles. The van der Waals surface area contributed by atoms with E-state index in [1.165, 1.54) is 6.20 Å². The average molecular weight is 453 g/mol. The van der Waals surface area contributed by atoms with Crippen LogP contribution >= 0.6 is 0 Å². The number of halogens is 1. The lowest BCUT2D eigenvalue weighted by molar-refractivity contribution is 0.137. The van der Waals surface area contributed by atoms with Gasteiger partial charge in [0.25, 0.3) is 5.56 Å². The third kappa shape index (κ3) is 4.07. The van der Waals surface area contributed by atoms with Crippen molar-refractivity contribution in [3.63, 3.8) is 0 Å². The number of nitrogens with zero attached hydrogens (tertiary/aromatic N) is 2. The van der Waals surface area contributed by atoms with E-state index in [2.05, 4.69) is 26.7 Å². The second-order valence-electron chi connectivity index (χ2n) is 9.42. The fourth-order valence-corrected chi connectivity index (χ4v) is 4.78. The van der Waals surface area contributed by atoms with Gasteiger partial charge in [-0.15, -0.1) is 0 Å². The van der Waals surface area contributed by atoms with Gasteiger partial charge in [-0.2, -0.15) is 5.26 Å². The zero-order valence-corrected chi connectivity index (χ0v) is 18.8. The molecule has 2 aromatic rings. The van der Waals surface area contributed by atoms with Crippen LogP contribution in [0.25, 0.3) is 0 Å². The van der Waals surface area contributed by atoms with Gasteiger partial charge < -0.3 is 26.5 Å². The summed E-state index contributed by atoms with van der Waals surface area (Å²) >= 11 is 0. The van der Waals surface area contributed by atoms with Crippen LogP contribution in [0.2, 0.25) is 0 Å². The van der Waals surface area contributed by atoms with Crippen molar-refractivity contribution in [3.8, 4) is 6.07 Å². The van der Waals surface area contributed by atoms with E-state index in [1.54, 1.807) is 18.2 Å². The minimum Gasteiger partial charge on any atom is -0.383 e. The normalized spacial score (nSPS) is 26.2. The number of aromatic nitrogens is 1. The first-order valence-corrected chi connectivity index (χ1v) is 11.1. The van der Waals surface area contributed by atoms with E-state index in [-0.39, 0.29) is 17.8 Å². The summed E-state index contributed by atoms with van der Waals surface area (Å²) in [7, 11) is 0. The van der Waals surface area contributed by atoms with Crippen molar-refractivity contribution in [2.75, 3.05) is 10.6 Å². The summed E-state index contributed by atoms with van der Waals surface area (Å²) in [5, 5.41) is 25.8. The molecule has 1 saturated carbocycles. The van der Waals surface area contributed by atoms with Crippen molar-refractivity contribution in [1.29, 1.82) is 5.26 Å². The molecule has 1 aromatic carbocycles. The van der Waals surface area contributed by atoms with Crippen LogP contribution in [-0.2, 0) is 5.41 Å². The Balaban J connectivity index is 1.71. The second kappa shape index (κ2) is 8.52. The van der Waals surface area contributed by atoms with Gasteiger partial charge in [0.15, 0.2) is 0 Å². The molecule has 0 bridgehead atoms. The number of H-pyrrole nitrogens is 1. The second-order valence-corrected chi connectivity index (χ2v) is 9.42. The number of amidine groups is 1. The number of hydrogen-bond donors (Lipinski definition) is 5. The highest BCUT2D eigenvalue weighted by Crippen LogP contribution is 2.41. The van der Waals surface area contributed by atoms with Gasteiger partial charge in [0.05, 0.1) is 29.4 Å². The zero-order valence-electron chi connectivity index (χ0n) is 18.8. The molecule has 2 aliphatic rings. The number of rotatable bonds is 5. The van der Waals surface area contributed by atoms with Crippen LogP contribution in [0.5, 0.6) is 0 Å². The molecule has 8 nitrogen and oxygen atoms in total. The fourth-order valence-electron chi connectivity index (χ4n) is 4.78. The van der Waals surface area contributed by atoms with Gasteiger partial charge in [0.1, 0.15) is 23.8 Å². The first-order chi connectivity index (χ1) is 15.7. The number of nitriles is 1. The van der Waals surface area contributed by atoms with Crippen LogP contribution in [0.3, 0.4) is 0 Å². The average Bonchev–Trinajstić information content (AvgIpc) is 2.98. The summed E-state index contributed by atoms with van der Waals surface area (Å²) < 4.78 is 15.0. The van der Waals surface area contributed by atoms with Crippen LogP contribution in [0.15, 0.2) is 40.2 Å². The SMILES string of the molecule is CC1(C)c2ccc(N=C(N)c3c(NC4(CC#N)CCCCC4F)cc[nH]c3=O)cc2NC1O. The highest BCUT2D eigenvalue weighted by atomic mass is 19.1. The molecule has 0 spiro atoms. The quantitative estimate of drug-likeness (QED) is 0.348. The van der Waals surface area contributed by atoms with Gasteiger partial charge >= 0.3 is 0 Å². The smallest absolute Gasteiger partial charge is 0.261 e. The number of aliphatic hydroxyl groups excluding tert-OH is 1. The Kier molecular flexibility index (Phi) is 5.89. The Morgan fingerprint density at radius 1 is 1.39 bits per heavy atom. The largest absolute Gasteiger partial charge is 0.383 e. The van der Waals surface area contributed by atoms with Gasteiger partial charge in [-0.1, -0.05) is 32.8 Å². The summed E-state index contributed by atoms with van der Waals surface area (Å²) in [5.74, 6) is -0.0320. The third-order valence-corrected chi connectivity index (χ3v) is 6.85. The predicted octanol–water partition coefficient (Wildman–Crippen LogP) is 3.41. The fraction of sp³-hybridized carbons (Fsp3) is 0.458. The van der Waals surface area contributed by atoms with Crippen LogP contribution in [0.1, 0.15) is 57.1 Å². The number of aliphatic hydroxyl groups is 1. The van der Waals surface area contributed by atoms with E-state index in [0.717, 1.165) is 24.1 Å². The highest BCUT2D eigenvalue weighted by Gasteiger charge is 2.42. The van der Waals surface area contributed by atoms with Gasteiger partial charge in [-0.25, -0.2) is 9.38 Å². The summed E-state index contributed by atoms with van der Waals surface area (Å²) in [6.07, 6.45) is 1.90. The van der Waals surface area contributed by atoms with E-state index in [0.29, 0.717) is 24.2 Å². The molecule has 33 heavy (non-hydrogen) atoms. The van der Waals surface area contributed by atoms with E-state index < -0.39 is 28.9 Å². The summed E-state index contributed by atoms with van der Waals surface area (Å²) in [4.78, 5) is 19.7. The number of aliphatic imine (C=N–C) groups is 1. The maximum atomic E-state index is 15.0. The molecule has 6 N–H and O–H groups in total. The Labute approximate surface area is 191 Å². The van der Waals surface area contributed by atoms with E-state index in [4.69, 9.17) is 5.73 Å². The first-order valence-electron chi connectivity index (χ1n) is 11.1. The van der Waals surface area contributed by atoms with Crippen molar-refractivity contribution in [2.24, 2.45) is 10.7 Å². The number of aromatic amines is 1. The molecule has 2 heterocycles. The summed E-state index contributed by atoms with van der Waals surface area (Å²) in [5.41, 5.74) is 6.94. The molecule has 1 aromatic heterocycles. The number of nitrogens with one attached hydrogen (secondary N) is 3. The van der Waals surface area contributed by atoms with E-state index in [1.807, 2.05) is 19.9 Å². The maximum absolute atomic E-state index is 15.0. The molecule has 1 fully saturated rings. The van der Waals surface area contributed by atoms with Crippen LogP contribution in [-0.4, -0.2) is 33.9 Å². The van der Waals surface area contributed by atoms with E-state index >= 15 is 0 Å². The van der Waals surface area contributed by atoms with Gasteiger partial charge in [0, 0.05) is 17.3 Å². The summed E-state index contributed by atoms with van der Waals surface area (Å²) in [6.45, 7) is 3.88. The number of benzene rings is 1. The minimum atomic E-state index is -1.21. The molecule has 1 aliphatic carbocycles.